The first-order chi connectivity index (χ1) is 30.2. The lowest BCUT2D eigenvalue weighted by atomic mass is 9.86. The second kappa shape index (κ2) is 22.9. The molecule has 0 radical (unpaired) electrons. The smallest absolute Gasteiger partial charge is 0.407 e. The van der Waals surface area contributed by atoms with Crippen molar-refractivity contribution in [3.05, 3.63) is 77.4 Å². The molecule has 1 aliphatic carbocycles. The van der Waals surface area contributed by atoms with Crippen LogP contribution in [0.2, 0.25) is 0 Å². The zero-order valence-corrected chi connectivity index (χ0v) is 38.0. The monoisotopic (exact) mass is 901 g/mol. The largest absolute Gasteiger partial charge is 0.496 e. The maximum Gasteiger partial charge on any atom is 0.407 e. The summed E-state index contributed by atoms with van der Waals surface area (Å²) in [6.45, 7) is 8.35. The molecular weight excluding hydrogens is 840 g/mol. The number of halogens is 3. The number of carbonyl (C=O) groups excluding carboxylic acids is 3. The minimum absolute atomic E-state index is 0.00479. The molecule has 0 spiro atoms. The topological polar surface area (TPSA) is 171 Å². The average molecular weight is 902 g/mol. The van der Waals surface area contributed by atoms with E-state index < -0.39 is 72.8 Å². The number of hydrogen-bond acceptors (Lipinski definition) is 10. The number of alkyl halides is 3. The number of amides is 3. The third-order valence-electron chi connectivity index (χ3n) is 10.9. The quantitative estimate of drug-likeness (QED) is 0.0621. The van der Waals surface area contributed by atoms with Gasteiger partial charge in [-0.15, -0.1) is 0 Å². The maximum absolute atomic E-state index is 15.0. The fourth-order valence-electron chi connectivity index (χ4n) is 7.88. The molecule has 0 saturated heterocycles. The molecule has 0 heterocycles. The number of benzene rings is 3. The molecule has 3 amide bonds. The van der Waals surface area contributed by atoms with Gasteiger partial charge in [0.2, 0.25) is 11.8 Å². The molecule has 3 aromatic carbocycles. The Bertz CT molecular complexity index is 1980. The van der Waals surface area contributed by atoms with E-state index in [9.17, 15) is 27.6 Å². The summed E-state index contributed by atoms with van der Waals surface area (Å²) in [6, 6.07) is 14.2. The molecule has 0 fully saturated rings. The van der Waals surface area contributed by atoms with Crippen LogP contribution >= 0.6 is 0 Å². The molecule has 64 heavy (non-hydrogen) atoms. The number of carboxylic acid groups (broad SMARTS) is 1. The number of nitrogens with one attached hydrogen (secondary N) is 2. The molecule has 17 heteroatoms. The second-order valence-corrected chi connectivity index (χ2v) is 17.2. The van der Waals surface area contributed by atoms with Gasteiger partial charge in [0.05, 0.1) is 45.4 Å². The standard InChI is InChI=1S/C47H62F3N3O11/c1-28(2)22-36(51-42(56)41(46(3,4)5)52-45(58)64-27-35-32-18-12-10-16-30(32)31-17-11-13-19-33(31)35)43(57)53(37(25-47(48,49)50)44(61-8)62-9)26-34-38(59-6)23-29(24-39(34)60-7)63-21-15-14-20-40(54)55/h10-13,16-19,23-24,28,35-37,41,44H,14-15,20-22,25-27H2,1-9H3,(H,51,56)(H,52,58)(H,54,55)/t36-,37-,41+/m0/s1. The number of fused-ring (bicyclic) bond motifs is 3. The van der Waals surface area contributed by atoms with E-state index >= 15 is 4.79 Å². The van der Waals surface area contributed by atoms with Gasteiger partial charge >= 0.3 is 18.2 Å². The van der Waals surface area contributed by atoms with Gasteiger partial charge in [0.15, 0.2) is 6.29 Å². The fraction of sp³-hybridized carbons (Fsp3) is 0.532. The number of rotatable bonds is 23. The summed E-state index contributed by atoms with van der Waals surface area (Å²) in [4.78, 5) is 54.8. The highest BCUT2D eigenvalue weighted by Crippen LogP contribution is 2.44. The Labute approximate surface area is 373 Å². The van der Waals surface area contributed by atoms with Gasteiger partial charge < -0.3 is 49.1 Å². The zero-order valence-electron chi connectivity index (χ0n) is 38.0. The lowest BCUT2D eigenvalue weighted by Crippen LogP contribution is -2.60. The molecule has 0 bridgehead atoms. The molecular formula is C47H62F3N3O11. The minimum Gasteiger partial charge on any atom is -0.496 e. The number of hydrogen-bond donors (Lipinski definition) is 3. The first-order valence-electron chi connectivity index (χ1n) is 21.2. The van der Waals surface area contributed by atoms with Gasteiger partial charge in [-0.1, -0.05) is 83.1 Å². The van der Waals surface area contributed by atoms with Gasteiger partial charge in [0, 0.05) is 38.7 Å². The predicted octanol–water partition coefficient (Wildman–Crippen LogP) is 8.09. The van der Waals surface area contributed by atoms with Crippen LogP contribution < -0.4 is 24.8 Å². The van der Waals surface area contributed by atoms with E-state index in [0.717, 1.165) is 41.4 Å². The van der Waals surface area contributed by atoms with E-state index in [1.54, 1.807) is 34.6 Å². The van der Waals surface area contributed by atoms with Crippen LogP contribution in [0.1, 0.15) is 89.3 Å². The van der Waals surface area contributed by atoms with Gasteiger partial charge in [-0.25, -0.2) is 4.79 Å². The van der Waals surface area contributed by atoms with Crippen molar-refractivity contribution in [1.82, 2.24) is 15.5 Å². The van der Waals surface area contributed by atoms with Crippen LogP contribution in [0.15, 0.2) is 60.7 Å². The Morgan fingerprint density at radius 1 is 0.828 bits per heavy atom. The third kappa shape index (κ3) is 13.7. The molecule has 352 valence electrons. The van der Waals surface area contributed by atoms with E-state index in [0.29, 0.717) is 12.8 Å². The number of carboxylic acids is 1. The number of ether oxygens (including phenoxy) is 6. The van der Waals surface area contributed by atoms with E-state index in [1.807, 2.05) is 48.5 Å². The summed E-state index contributed by atoms with van der Waals surface area (Å²) in [7, 11) is 4.97. The van der Waals surface area contributed by atoms with Crippen molar-refractivity contribution >= 4 is 23.9 Å². The molecule has 0 aliphatic heterocycles. The van der Waals surface area contributed by atoms with Crippen molar-refractivity contribution in [1.29, 1.82) is 0 Å². The van der Waals surface area contributed by atoms with Crippen molar-refractivity contribution in [2.45, 2.75) is 110 Å². The minimum atomic E-state index is -4.81. The third-order valence-corrected chi connectivity index (χ3v) is 10.9. The summed E-state index contributed by atoms with van der Waals surface area (Å²) in [5, 5.41) is 14.4. The number of unbranched alkanes of at least 4 members (excludes halogenated alkanes) is 1. The second-order valence-electron chi connectivity index (χ2n) is 17.2. The van der Waals surface area contributed by atoms with Gasteiger partial charge in [-0.05, 0) is 52.8 Å². The Morgan fingerprint density at radius 3 is 1.88 bits per heavy atom. The highest BCUT2D eigenvalue weighted by atomic mass is 19.4. The first kappa shape index (κ1) is 51.1. The summed E-state index contributed by atoms with van der Waals surface area (Å²) >= 11 is 0. The van der Waals surface area contributed by atoms with Gasteiger partial charge in [-0.2, -0.15) is 13.2 Å². The van der Waals surface area contributed by atoms with E-state index in [1.165, 1.54) is 26.4 Å². The number of alkyl carbamates (subject to hydrolysis) is 1. The van der Waals surface area contributed by atoms with Crippen LogP contribution in [0.3, 0.4) is 0 Å². The van der Waals surface area contributed by atoms with Gasteiger partial charge in [0.25, 0.3) is 0 Å². The van der Waals surface area contributed by atoms with Crippen LogP contribution in [0.5, 0.6) is 17.2 Å². The van der Waals surface area contributed by atoms with E-state index in [-0.39, 0.29) is 60.7 Å². The zero-order chi connectivity index (χ0) is 47.4. The maximum atomic E-state index is 15.0. The Kier molecular flexibility index (Phi) is 18.3. The van der Waals surface area contributed by atoms with Crippen molar-refractivity contribution < 1.29 is 65.9 Å². The summed E-state index contributed by atoms with van der Waals surface area (Å²) in [6.07, 6.45) is -8.06. The van der Waals surface area contributed by atoms with Crippen LogP contribution in [0, 0.1) is 11.3 Å². The number of carbonyl (C=O) groups is 4. The normalized spacial score (nSPS) is 14.0. The van der Waals surface area contributed by atoms with Crippen LogP contribution in [-0.2, 0) is 35.1 Å². The number of methoxy groups -OCH3 is 4. The van der Waals surface area contributed by atoms with Gasteiger partial charge in [0.1, 0.15) is 35.9 Å². The first-order valence-corrected chi connectivity index (χ1v) is 21.2. The molecule has 0 unspecified atom stereocenters. The Morgan fingerprint density at radius 2 is 1.39 bits per heavy atom. The predicted molar refractivity (Wildman–Crippen MR) is 232 cm³/mol. The summed E-state index contributed by atoms with van der Waals surface area (Å²) in [5.74, 6) is -2.60. The molecule has 3 N–H and O–H groups in total. The molecule has 3 atom stereocenters. The molecule has 14 nitrogen and oxygen atoms in total. The summed E-state index contributed by atoms with van der Waals surface area (Å²) in [5.41, 5.74) is 3.32. The molecule has 3 aromatic rings. The van der Waals surface area contributed by atoms with Crippen LogP contribution in [0.4, 0.5) is 18.0 Å². The van der Waals surface area contributed by atoms with E-state index in [2.05, 4.69) is 10.6 Å². The van der Waals surface area contributed by atoms with Crippen LogP contribution in [-0.4, -0.2) is 106 Å². The molecule has 0 saturated carbocycles. The van der Waals surface area contributed by atoms with Gasteiger partial charge in [-0.3, -0.25) is 14.4 Å². The lowest BCUT2D eigenvalue weighted by molar-refractivity contribution is -0.201. The lowest BCUT2D eigenvalue weighted by Gasteiger charge is -2.39. The van der Waals surface area contributed by atoms with Crippen molar-refractivity contribution in [3.8, 4) is 28.4 Å². The fourth-order valence-corrected chi connectivity index (χ4v) is 7.88. The molecule has 4 rings (SSSR count). The SMILES string of the molecule is COc1cc(OCCCCC(=O)O)cc(OC)c1CN(C(=O)[C@H](CC(C)C)NC(=O)[C@@H](NC(=O)OCC1c2ccccc2-c2ccccc21)C(C)(C)C)[C@@H](CC(F)(F)F)C(OC)OC. The Hall–Kier alpha value is -5.55. The van der Waals surface area contributed by atoms with Crippen LogP contribution in [0.25, 0.3) is 11.1 Å². The van der Waals surface area contributed by atoms with Crippen molar-refractivity contribution in [2.75, 3.05) is 41.7 Å². The summed E-state index contributed by atoms with van der Waals surface area (Å²) < 4.78 is 77.1. The molecule has 0 aromatic heterocycles. The Balaban J connectivity index is 1.66. The van der Waals surface area contributed by atoms with Crippen molar-refractivity contribution in [3.63, 3.8) is 0 Å². The number of nitrogens with zero attached hydrogens (tertiary/aromatic N) is 1. The molecule has 1 aliphatic rings. The number of aliphatic carboxylic acids is 1. The van der Waals surface area contributed by atoms with Crippen molar-refractivity contribution in [2.24, 2.45) is 11.3 Å². The highest BCUT2D eigenvalue weighted by Gasteiger charge is 2.44. The van der Waals surface area contributed by atoms with E-state index in [4.69, 9.17) is 33.5 Å². The highest BCUT2D eigenvalue weighted by molar-refractivity contribution is 5.92. The average Bonchev–Trinajstić information content (AvgIpc) is 3.55.